The molecule has 0 atom stereocenters. The molecule has 0 bridgehead atoms. The lowest BCUT2D eigenvalue weighted by atomic mass is 9.98. The molecule has 0 saturated carbocycles. The number of ether oxygens (including phenoxy) is 1. The molecule has 0 aliphatic carbocycles. The van der Waals surface area contributed by atoms with Crippen molar-refractivity contribution in [2.75, 3.05) is 19.7 Å². The Labute approximate surface area is 124 Å². The Kier molecular flexibility index (Phi) is 4.45. The number of aryl methyl sites for hydroxylation is 1. The molecule has 2 aromatic heterocycles. The summed E-state index contributed by atoms with van der Waals surface area (Å²) in [6.45, 7) is 5.64. The second kappa shape index (κ2) is 6.67. The second-order valence-electron chi connectivity index (χ2n) is 5.51. The Bertz CT molecular complexity index is 550. The van der Waals surface area contributed by atoms with E-state index < -0.39 is 0 Å². The molecule has 2 aromatic rings. The standard InChI is InChI=1S/C15H20N4O2/c1-12-8-14(21-18-12)10-19-6-2-13(3-7-19)11-20-15-9-16-4-5-17-15/h4-5,8-9,13H,2-3,6-7,10-11H2,1H3. The molecule has 1 aliphatic heterocycles. The van der Waals surface area contributed by atoms with Crippen LogP contribution in [0.15, 0.2) is 29.2 Å². The van der Waals surface area contributed by atoms with Crippen molar-refractivity contribution in [2.24, 2.45) is 5.92 Å². The predicted molar refractivity (Wildman–Crippen MR) is 76.8 cm³/mol. The van der Waals surface area contributed by atoms with Crippen LogP contribution in [0.1, 0.15) is 24.3 Å². The van der Waals surface area contributed by atoms with Gasteiger partial charge in [0.25, 0.3) is 0 Å². The summed E-state index contributed by atoms with van der Waals surface area (Å²) in [5.41, 5.74) is 0.942. The van der Waals surface area contributed by atoms with Crippen LogP contribution in [0, 0.1) is 12.8 Å². The third kappa shape index (κ3) is 4.01. The SMILES string of the molecule is Cc1cc(CN2CCC(COc3cnccn3)CC2)on1. The van der Waals surface area contributed by atoms with E-state index in [1.54, 1.807) is 18.6 Å². The van der Waals surface area contributed by atoms with Crippen LogP contribution < -0.4 is 4.74 Å². The van der Waals surface area contributed by atoms with E-state index in [1.165, 1.54) is 0 Å². The maximum absolute atomic E-state index is 5.68. The van der Waals surface area contributed by atoms with Gasteiger partial charge in [0.2, 0.25) is 5.88 Å². The minimum Gasteiger partial charge on any atom is -0.476 e. The van der Waals surface area contributed by atoms with Gasteiger partial charge in [0.05, 0.1) is 25.0 Å². The summed E-state index contributed by atoms with van der Waals surface area (Å²) in [5.74, 6) is 2.14. The van der Waals surface area contributed by atoms with Gasteiger partial charge in [-0.3, -0.25) is 9.88 Å². The molecule has 0 radical (unpaired) electrons. The van der Waals surface area contributed by atoms with Crippen LogP contribution in [0.2, 0.25) is 0 Å². The molecule has 1 saturated heterocycles. The summed E-state index contributed by atoms with van der Waals surface area (Å²) in [6.07, 6.45) is 7.22. The highest BCUT2D eigenvalue weighted by Crippen LogP contribution is 2.20. The van der Waals surface area contributed by atoms with Crippen molar-refractivity contribution in [3.05, 3.63) is 36.1 Å². The maximum atomic E-state index is 5.68. The van der Waals surface area contributed by atoms with Crippen LogP contribution in [-0.2, 0) is 6.54 Å². The van der Waals surface area contributed by atoms with Gasteiger partial charge >= 0.3 is 0 Å². The zero-order chi connectivity index (χ0) is 14.5. The van der Waals surface area contributed by atoms with Crippen LogP contribution in [0.25, 0.3) is 0 Å². The highest BCUT2D eigenvalue weighted by atomic mass is 16.5. The lowest BCUT2D eigenvalue weighted by Crippen LogP contribution is -2.35. The van der Waals surface area contributed by atoms with E-state index in [2.05, 4.69) is 20.0 Å². The topological polar surface area (TPSA) is 64.3 Å². The van der Waals surface area contributed by atoms with E-state index in [0.717, 1.165) is 43.9 Å². The Balaban J connectivity index is 1.40. The van der Waals surface area contributed by atoms with Gasteiger partial charge < -0.3 is 9.26 Å². The van der Waals surface area contributed by atoms with Gasteiger partial charge in [0.1, 0.15) is 0 Å². The Morgan fingerprint density at radius 1 is 1.33 bits per heavy atom. The number of likely N-dealkylation sites (tertiary alicyclic amines) is 1. The monoisotopic (exact) mass is 288 g/mol. The van der Waals surface area contributed by atoms with Crippen molar-refractivity contribution in [3.63, 3.8) is 0 Å². The second-order valence-corrected chi connectivity index (χ2v) is 5.51. The smallest absolute Gasteiger partial charge is 0.232 e. The van der Waals surface area contributed by atoms with Crippen molar-refractivity contribution < 1.29 is 9.26 Å². The number of aromatic nitrogens is 3. The molecule has 3 heterocycles. The average molecular weight is 288 g/mol. The van der Waals surface area contributed by atoms with Crippen LogP contribution in [0.5, 0.6) is 5.88 Å². The van der Waals surface area contributed by atoms with Crippen LogP contribution in [-0.4, -0.2) is 39.7 Å². The minimum atomic E-state index is 0.583. The minimum absolute atomic E-state index is 0.583. The Morgan fingerprint density at radius 2 is 2.19 bits per heavy atom. The molecule has 0 unspecified atom stereocenters. The molecule has 0 amide bonds. The summed E-state index contributed by atoms with van der Waals surface area (Å²) in [6, 6.07) is 2.00. The van der Waals surface area contributed by atoms with Crippen molar-refractivity contribution in [3.8, 4) is 5.88 Å². The molecule has 112 valence electrons. The molecule has 21 heavy (non-hydrogen) atoms. The van der Waals surface area contributed by atoms with Gasteiger partial charge in [-0.1, -0.05) is 5.16 Å². The first-order chi connectivity index (χ1) is 10.3. The van der Waals surface area contributed by atoms with Crippen LogP contribution >= 0.6 is 0 Å². The fraction of sp³-hybridized carbons (Fsp3) is 0.533. The van der Waals surface area contributed by atoms with Gasteiger partial charge in [-0.25, -0.2) is 4.98 Å². The molecule has 0 aromatic carbocycles. The Hall–Kier alpha value is -1.95. The largest absolute Gasteiger partial charge is 0.476 e. The number of piperidine rings is 1. The average Bonchev–Trinajstić information content (AvgIpc) is 2.93. The molecule has 1 aliphatic rings. The summed E-state index contributed by atoms with van der Waals surface area (Å²) in [5, 5.41) is 3.93. The Morgan fingerprint density at radius 3 is 2.86 bits per heavy atom. The molecular formula is C15H20N4O2. The van der Waals surface area contributed by atoms with Gasteiger partial charge in [-0.15, -0.1) is 0 Å². The van der Waals surface area contributed by atoms with E-state index in [9.17, 15) is 0 Å². The summed E-state index contributed by atoms with van der Waals surface area (Å²) in [4.78, 5) is 10.5. The summed E-state index contributed by atoms with van der Waals surface area (Å²) >= 11 is 0. The lowest BCUT2D eigenvalue weighted by Gasteiger charge is -2.30. The third-order valence-corrected chi connectivity index (χ3v) is 3.77. The van der Waals surface area contributed by atoms with Crippen molar-refractivity contribution in [1.82, 2.24) is 20.0 Å². The van der Waals surface area contributed by atoms with Gasteiger partial charge in [0, 0.05) is 18.5 Å². The molecule has 3 rings (SSSR count). The molecule has 6 heteroatoms. The number of nitrogens with zero attached hydrogens (tertiary/aromatic N) is 4. The fourth-order valence-corrected chi connectivity index (χ4v) is 2.59. The highest BCUT2D eigenvalue weighted by molar-refractivity contribution is 5.03. The van der Waals surface area contributed by atoms with E-state index in [0.29, 0.717) is 18.4 Å². The maximum Gasteiger partial charge on any atom is 0.232 e. The van der Waals surface area contributed by atoms with Crippen molar-refractivity contribution >= 4 is 0 Å². The zero-order valence-corrected chi connectivity index (χ0v) is 12.2. The van der Waals surface area contributed by atoms with Gasteiger partial charge in [0.15, 0.2) is 5.76 Å². The predicted octanol–water partition coefficient (Wildman–Crippen LogP) is 2.06. The number of hydrogen-bond donors (Lipinski definition) is 0. The lowest BCUT2D eigenvalue weighted by molar-refractivity contribution is 0.126. The first-order valence-electron chi connectivity index (χ1n) is 7.33. The normalized spacial score (nSPS) is 17.0. The first-order valence-corrected chi connectivity index (χ1v) is 7.33. The van der Waals surface area contributed by atoms with E-state index in [4.69, 9.17) is 9.26 Å². The highest BCUT2D eigenvalue weighted by Gasteiger charge is 2.21. The summed E-state index contributed by atoms with van der Waals surface area (Å²) in [7, 11) is 0. The molecule has 0 N–H and O–H groups in total. The summed E-state index contributed by atoms with van der Waals surface area (Å²) < 4.78 is 10.9. The van der Waals surface area contributed by atoms with Crippen molar-refractivity contribution in [2.45, 2.75) is 26.3 Å². The molecule has 0 spiro atoms. The molecule has 6 nitrogen and oxygen atoms in total. The molecular weight excluding hydrogens is 268 g/mol. The molecule has 1 fully saturated rings. The van der Waals surface area contributed by atoms with Crippen molar-refractivity contribution in [1.29, 1.82) is 0 Å². The zero-order valence-electron chi connectivity index (χ0n) is 12.2. The third-order valence-electron chi connectivity index (χ3n) is 3.77. The van der Waals surface area contributed by atoms with E-state index >= 15 is 0 Å². The quantitative estimate of drug-likeness (QED) is 0.839. The van der Waals surface area contributed by atoms with E-state index in [-0.39, 0.29) is 0 Å². The van der Waals surface area contributed by atoms with Crippen LogP contribution in [0.4, 0.5) is 0 Å². The number of rotatable bonds is 5. The van der Waals surface area contributed by atoms with Crippen LogP contribution in [0.3, 0.4) is 0 Å². The van der Waals surface area contributed by atoms with Gasteiger partial charge in [-0.05, 0) is 38.8 Å². The van der Waals surface area contributed by atoms with Gasteiger partial charge in [-0.2, -0.15) is 0 Å². The first kappa shape index (κ1) is 14.0. The fourth-order valence-electron chi connectivity index (χ4n) is 2.59. The number of hydrogen-bond acceptors (Lipinski definition) is 6. The van der Waals surface area contributed by atoms with E-state index in [1.807, 2.05) is 13.0 Å².